The Labute approximate surface area is 131 Å². The van der Waals surface area contributed by atoms with Crippen LogP contribution in [0.3, 0.4) is 0 Å². The Kier molecular flexibility index (Phi) is 5.05. The van der Waals surface area contributed by atoms with E-state index in [1.54, 1.807) is 23.1 Å². The first-order chi connectivity index (χ1) is 9.47. The number of benzene rings is 1. The Bertz CT molecular complexity index is 536. The number of hydrogen-bond donors (Lipinski definition) is 1. The lowest BCUT2D eigenvalue weighted by Crippen LogP contribution is -2.49. The summed E-state index contributed by atoms with van der Waals surface area (Å²) >= 11 is 9.25. The van der Waals surface area contributed by atoms with Gasteiger partial charge in [0.05, 0.1) is 5.56 Å². The highest BCUT2D eigenvalue weighted by atomic mass is 79.9. The molecule has 1 aliphatic heterocycles. The number of carbonyl (C=O) groups is 2. The number of nitrogens with one attached hydrogen (secondary N) is 1. The molecule has 1 aromatic carbocycles. The first kappa shape index (κ1) is 15.3. The molecule has 2 amide bonds. The molecule has 2 rings (SSSR count). The maximum atomic E-state index is 12.5. The Morgan fingerprint density at radius 1 is 1.45 bits per heavy atom. The number of amides is 2. The van der Waals surface area contributed by atoms with Gasteiger partial charge in [-0.15, -0.1) is 0 Å². The van der Waals surface area contributed by atoms with E-state index in [1.165, 1.54) is 6.92 Å². The molecular formula is C14H16BrClN2O2. The Balaban J connectivity index is 2.10. The standard InChI is InChI=1S/C14H16BrClN2O2/c1-9(19)17-11-3-2-6-18(8-11)14(20)12-5-4-10(16)7-13(12)15/h4-5,7,11H,2-3,6,8H2,1H3,(H,17,19). The second-order valence-electron chi connectivity index (χ2n) is 4.92. The molecule has 1 aliphatic rings. The quantitative estimate of drug-likeness (QED) is 0.883. The summed E-state index contributed by atoms with van der Waals surface area (Å²) < 4.78 is 0.691. The van der Waals surface area contributed by atoms with Gasteiger partial charge in [0.2, 0.25) is 5.91 Å². The van der Waals surface area contributed by atoms with E-state index in [9.17, 15) is 9.59 Å². The molecule has 0 aliphatic carbocycles. The van der Waals surface area contributed by atoms with E-state index in [2.05, 4.69) is 21.2 Å². The fourth-order valence-corrected chi connectivity index (χ4v) is 3.25. The van der Waals surface area contributed by atoms with Gasteiger partial charge in [-0.25, -0.2) is 0 Å². The van der Waals surface area contributed by atoms with Crippen molar-refractivity contribution in [2.75, 3.05) is 13.1 Å². The summed E-state index contributed by atoms with van der Waals surface area (Å²) in [7, 11) is 0. The van der Waals surface area contributed by atoms with Gasteiger partial charge in [-0.05, 0) is 47.0 Å². The zero-order chi connectivity index (χ0) is 14.7. The molecule has 108 valence electrons. The van der Waals surface area contributed by atoms with Gasteiger partial charge in [-0.2, -0.15) is 0 Å². The largest absolute Gasteiger partial charge is 0.352 e. The van der Waals surface area contributed by atoms with E-state index in [4.69, 9.17) is 11.6 Å². The highest BCUT2D eigenvalue weighted by Gasteiger charge is 2.25. The molecule has 0 aromatic heterocycles. The minimum atomic E-state index is -0.0584. The molecule has 1 fully saturated rings. The smallest absolute Gasteiger partial charge is 0.255 e. The summed E-state index contributed by atoms with van der Waals surface area (Å²) in [5, 5.41) is 3.46. The zero-order valence-corrected chi connectivity index (χ0v) is 13.5. The molecule has 0 bridgehead atoms. The molecule has 1 saturated heterocycles. The van der Waals surface area contributed by atoms with Crippen molar-refractivity contribution in [3.05, 3.63) is 33.3 Å². The number of likely N-dealkylation sites (tertiary alicyclic amines) is 1. The molecule has 1 atom stereocenters. The predicted octanol–water partition coefficient (Wildman–Crippen LogP) is 2.84. The zero-order valence-electron chi connectivity index (χ0n) is 11.2. The van der Waals surface area contributed by atoms with E-state index in [0.29, 0.717) is 28.1 Å². The summed E-state index contributed by atoms with van der Waals surface area (Å²) in [5.74, 6) is -0.0967. The number of rotatable bonds is 2. The van der Waals surface area contributed by atoms with Crippen LogP contribution >= 0.6 is 27.5 Å². The van der Waals surface area contributed by atoms with E-state index < -0.39 is 0 Å². The third kappa shape index (κ3) is 3.73. The van der Waals surface area contributed by atoms with Crippen LogP contribution in [0, 0.1) is 0 Å². The fraction of sp³-hybridized carbons (Fsp3) is 0.429. The van der Waals surface area contributed by atoms with Gasteiger partial charge in [-0.3, -0.25) is 9.59 Å². The Morgan fingerprint density at radius 2 is 2.20 bits per heavy atom. The number of piperidine rings is 1. The van der Waals surface area contributed by atoms with E-state index in [1.807, 2.05) is 0 Å². The van der Waals surface area contributed by atoms with Crippen molar-refractivity contribution in [1.82, 2.24) is 10.2 Å². The van der Waals surface area contributed by atoms with Gasteiger partial charge in [0.1, 0.15) is 0 Å². The van der Waals surface area contributed by atoms with Gasteiger partial charge >= 0.3 is 0 Å². The van der Waals surface area contributed by atoms with Gasteiger partial charge in [0.25, 0.3) is 5.91 Å². The van der Waals surface area contributed by atoms with E-state index in [-0.39, 0.29) is 17.9 Å². The van der Waals surface area contributed by atoms with Crippen molar-refractivity contribution in [2.45, 2.75) is 25.8 Å². The lowest BCUT2D eigenvalue weighted by Gasteiger charge is -2.33. The number of hydrogen-bond acceptors (Lipinski definition) is 2. The summed E-state index contributed by atoms with van der Waals surface area (Å²) in [4.78, 5) is 25.4. The minimum Gasteiger partial charge on any atom is -0.352 e. The van der Waals surface area contributed by atoms with Crippen LogP contribution in [-0.4, -0.2) is 35.8 Å². The average Bonchev–Trinajstić information content (AvgIpc) is 2.37. The van der Waals surface area contributed by atoms with Gasteiger partial charge in [0, 0.05) is 35.6 Å². The molecule has 0 saturated carbocycles. The first-order valence-corrected chi connectivity index (χ1v) is 7.66. The molecule has 20 heavy (non-hydrogen) atoms. The van der Waals surface area contributed by atoms with Crippen molar-refractivity contribution < 1.29 is 9.59 Å². The van der Waals surface area contributed by atoms with Gasteiger partial charge in [0.15, 0.2) is 0 Å². The SMILES string of the molecule is CC(=O)NC1CCCN(C(=O)c2ccc(Cl)cc2Br)C1. The third-order valence-electron chi connectivity index (χ3n) is 3.28. The molecule has 4 nitrogen and oxygen atoms in total. The number of halogens is 2. The fourth-order valence-electron chi connectivity index (χ4n) is 2.40. The van der Waals surface area contributed by atoms with Crippen molar-refractivity contribution in [3.63, 3.8) is 0 Å². The van der Waals surface area contributed by atoms with Crippen LogP contribution < -0.4 is 5.32 Å². The molecule has 0 radical (unpaired) electrons. The normalized spacial score (nSPS) is 18.8. The van der Waals surface area contributed by atoms with Gasteiger partial charge < -0.3 is 10.2 Å². The predicted molar refractivity (Wildman–Crippen MR) is 81.9 cm³/mol. The van der Waals surface area contributed by atoms with Crippen LogP contribution in [0.4, 0.5) is 0 Å². The van der Waals surface area contributed by atoms with Crippen molar-refractivity contribution >= 4 is 39.3 Å². The van der Waals surface area contributed by atoms with Crippen LogP contribution in [0.2, 0.25) is 5.02 Å². The minimum absolute atomic E-state index is 0.0382. The highest BCUT2D eigenvalue weighted by molar-refractivity contribution is 9.10. The molecule has 1 unspecified atom stereocenters. The van der Waals surface area contributed by atoms with Crippen molar-refractivity contribution in [3.8, 4) is 0 Å². The number of nitrogens with zero attached hydrogens (tertiary/aromatic N) is 1. The maximum Gasteiger partial charge on any atom is 0.255 e. The molecule has 1 heterocycles. The third-order valence-corrected chi connectivity index (χ3v) is 4.17. The Morgan fingerprint density at radius 3 is 2.85 bits per heavy atom. The van der Waals surface area contributed by atoms with Crippen molar-refractivity contribution in [2.24, 2.45) is 0 Å². The molecule has 1 aromatic rings. The molecule has 1 N–H and O–H groups in total. The Hall–Kier alpha value is -1.07. The van der Waals surface area contributed by atoms with Crippen molar-refractivity contribution in [1.29, 1.82) is 0 Å². The topological polar surface area (TPSA) is 49.4 Å². The maximum absolute atomic E-state index is 12.5. The van der Waals surface area contributed by atoms with Crippen LogP contribution in [0.5, 0.6) is 0 Å². The van der Waals surface area contributed by atoms with Crippen LogP contribution in [0.25, 0.3) is 0 Å². The number of carbonyl (C=O) groups excluding carboxylic acids is 2. The van der Waals surface area contributed by atoms with Crippen LogP contribution in [-0.2, 0) is 4.79 Å². The summed E-state index contributed by atoms with van der Waals surface area (Å²) in [5.41, 5.74) is 0.595. The van der Waals surface area contributed by atoms with Gasteiger partial charge in [-0.1, -0.05) is 11.6 Å². The lowest BCUT2D eigenvalue weighted by molar-refractivity contribution is -0.120. The first-order valence-electron chi connectivity index (χ1n) is 6.49. The monoisotopic (exact) mass is 358 g/mol. The second kappa shape index (κ2) is 6.59. The van der Waals surface area contributed by atoms with E-state index >= 15 is 0 Å². The molecular weight excluding hydrogens is 344 g/mol. The summed E-state index contributed by atoms with van der Waals surface area (Å²) in [6.45, 7) is 2.76. The summed E-state index contributed by atoms with van der Waals surface area (Å²) in [6.07, 6.45) is 1.80. The summed E-state index contributed by atoms with van der Waals surface area (Å²) in [6, 6.07) is 5.17. The molecule has 6 heteroatoms. The highest BCUT2D eigenvalue weighted by Crippen LogP contribution is 2.24. The van der Waals surface area contributed by atoms with Crippen LogP contribution in [0.1, 0.15) is 30.1 Å². The lowest BCUT2D eigenvalue weighted by atomic mass is 10.0. The van der Waals surface area contributed by atoms with E-state index in [0.717, 1.165) is 12.8 Å². The second-order valence-corrected chi connectivity index (χ2v) is 6.21. The van der Waals surface area contributed by atoms with Crippen LogP contribution in [0.15, 0.2) is 22.7 Å². The average molecular weight is 360 g/mol. The molecule has 0 spiro atoms.